The highest BCUT2D eigenvalue weighted by molar-refractivity contribution is 7.93. The molecule has 0 saturated carbocycles. The number of rotatable bonds is 5. The van der Waals surface area contributed by atoms with Crippen LogP contribution in [-0.2, 0) is 10.0 Å². The highest BCUT2D eigenvalue weighted by Crippen LogP contribution is 2.31. The van der Waals surface area contributed by atoms with E-state index < -0.39 is 15.9 Å². The number of nitriles is 1. The molecule has 0 bridgehead atoms. The number of carbonyl (C=O) groups excluding carboxylic acids is 1. The van der Waals surface area contributed by atoms with Gasteiger partial charge in [0.2, 0.25) is 0 Å². The Kier molecular flexibility index (Phi) is 5.66. The van der Waals surface area contributed by atoms with Crippen molar-refractivity contribution in [1.29, 1.82) is 5.26 Å². The number of sulfonamides is 1. The van der Waals surface area contributed by atoms with Gasteiger partial charge in [-0.05, 0) is 55.5 Å². The Labute approximate surface area is 176 Å². The van der Waals surface area contributed by atoms with E-state index in [4.69, 9.17) is 21.4 Å². The SMILES string of the molecule is Cc1cc(C#N)cc(C)c1NC(=O)c1sccc1S(=O)(=O)Nc1onc(C)c1Cl. The minimum absolute atomic E-state index is 0.00646. The van der Waals surface area contributed by atoms with Gasteiger partial charge in [-0.3, -0.25) is 4.79 Å². The van der Waals surface area contributed by atoms with Crippen LogP contribution >= 0.6 is 22.9 Å². The molecule has 8 nitrogen and oxygen atoms in total. The molecule has 0 unspecified atom stereocenters. The lowest BCUT2D eigenvalue weighted by molar-refractivity contribution is 0.102. The molecule has 2 heterocycles. The van der Waals surface area contributed by atoms with E-state index >= 15 is 0 Å². The molecule has 0 fully saturated rings. The van der Waals surface area contributed by atoms with Crippen molar-refractivity contribution < 1.29 is 17.7 Å². The summed E-state index contributed by atoms with van der Waals surface area (Å²) in [7, 11) is -4.14. The minimum atomic E-state index is -4.14. The van der Waals surface area contributed by atoms with Gasteiger partial charge in [0.05, 0.1) is 11.6 Å². The van der Waals surface area contributed by atoms with Crippen molar-refractivity contribution in [3.63, 3.8) is 0 Å². The van der Waals surface area contributed by atoms with Gasteiger partial charge in [-0.25, -0.2) is 13.1 Å². The topological polar surface area (TPSA) is 125 Å². The molecule has 0 radical (unpaired) electrons. The third-order valence-corrected chi connectivity index (χ3v) is 6.90. The van der Waals surface area contributed by atoms with Crippen molar-refractivity contribution in [3.05, 3.63) is 55.9 Å². The summed E-state index contributed by atoms with van der Waals surface area (Å²) in [5.41, 5.74) is 2.71. The smallest absolute Gasteiger partial charge is 0.267 e. The zero-order chi connectivity index (χ0) is 21.3. The van der Waals surface area contributed by atoms with Crippen LogP contribution in [-0.4, -0.2) is 19.5 Å². The van der Waals surface area contributed by atoms with Crippen LogP contribution in [0.15, 0.2) is 33.0 Å². The van der Waals surface area contributed by atoms with Crippen molar-refractivity contribution in [2.45, 2.75) is 25.7 Å². The molecule has 1 amide bonds. The Hall–Kier alpha value is -2.87. The molecule has 2 aromatic heterocycles. The molecule has 3 rings (SSSR count). The highest BCUT2D eigenvalue weighted by Gasteiger charge is 2.27. The van der Waals surface area contributed by atoms with Gasteiger partial charge < -0.3 is 9.84 Å². The van der Waals surface area contributed by atoms with E-state index in [2.05, 4.69) is 21.3 Å². The van der Waals surface area contributed by atoms with Crippen molar-refractivity contribution in [3.8, 4) is 6.07 Å². The number of carbonyl (C=O) groups is 1. The fourth-order valence-electron chi connectivity index (χ4n) is 2.67. The molecular weight excluding hydrogens is 436 g/mol. The normalized spacial score (nSPS) is 11.1. The molecule has 0 aliphatic carbocycles. The number of nitrogens with zero attached hydrogens (tertiary/aromatic N) is 2. The number of aromatic nitrogens is 1. The Balaban J connectivity index is 1.91. The van der Waals surface area contributed by atoms with E-state index in [-0.39, 0.29) is 20.7 Å². The number of amides is 1. The summed E-state index contributed by atoms with van der Waals surface area (Å²) in [5, 5.41) is 16.9. The maximum absolute atomic E-state index is 12.8. The molecule has 0 saturated heterocycles. The van der Waals surface area contributed by atoms with Gasteiger partial charge in [0, 0.05) is 5.69 Å². The van der Waals surface area contributed by atoms with Gasteiger partial charge in [-0.1, -0.05) is 16.8 Å². The maximum Gasteiger partial charge on any atom is 0.267 e. The van der Waals surface area contributed by atoms with Gasteiger partial charge in [0.25, 0.3) is 21.8 Å². The van der Waals surface area contributed by atoms with E-state index in [1.807, 2.05) is 0 Å². The quantitative estimate of drug-likeness (QED) is 0.598. The van der Waals surface area contributed by atoms with Gasteiger partial charge in [0.15, 0.2) is 0 Å². The molecule has 0 aliphatic heterocycles. The first-order valence-electron chi connectivity index (χ1n) is 8.19. The average molecular weight is 451 g/mol. The number of benzene rings is 1. The zero-order valence-corrected chi connectivity index (χ0v) is 17.9. The largest absolute Gasteiger partial charge is 0.336 e. The van der Waals surface area contributed by atoms with E-state index in [9.17, 15) is 13.2 Å². The molecule has 0 aliphatic rings. The Morgan fingerprint density at radius 1 is 1.28 bits per heavy atom. The first-order valence-corrected chi connectivity index (χ1v) is 10.9. The lowest BCUT2D eigenvalue weighted by Gasteiger charge is -2.12. The van der Waals surface area contributed by atoms with Crippen LogP contribution < -0.4 is 10.0 Å². The number of nitrogens with one attached hydrogen (secondary N) is 2. The summed E-state index contributed by atoms with van der Waals surface area (Å²) in [6, 6.07) is 6.66. The Morgan fingerprint density at radius 2 is 1.93 bits per heavy atom. The molecule has 1 aromatic carbocycles. The summed E-state index contributed by atoms with van der Waals surface area (Å²) < 4.78 is 32.6. The van der Waals surface area contributed by atoms with Crippen LogP contribution in [0, 0.1) is 32.1 Å². The third-order valence-electron chi connectivity index (χ3n) is 4.04. The molecule has 2 N–H and O–H groups in total. The number of halogens is 1. The van der Waals surface area contributed by atoms with Crippen LogP contribution in [0.3, 0.4) is 0 Å². The first kappa shape index (κ1) is 20.9. The number of thiophene rings is 1. The Bertz CT molecular complexity index is 1230. The number of aryl methyl sites for hydroxylation is 3. The number of anilines is 2. The molecule has 11 heteroatoms. The van der Waals surface area contributed by atoms with Crippen LogP contribution in [0.25, 0.3) is 0 Å². The second-order valence-electron chi connectivity index (χ2n) is 6.18. The van der Waals surface area contributed by atoms with Crippen molar-refractivity contribution in [2.75, 3.05) is 10.0 Å². The van der Waals surface area contributed by atoms with E-state index in [1.165, 1.54) is 11.4 Å². The highest BCUT2D eigenvalue weighted by atomic mass is 35.5. The summed E-state index contributed by atoms with van der Waals surface area (Å²) in [6.07, 6.45) is 0. The predicted molar refractivity (Wildman–Crippen MR) is 110 cm³/mol. The molecule has 150 valence electrons. The maximum atomic E-state index is 12.8. The monoisotopic (exact) mass is 450 g/mol. The summed E-state index contributed by atoms with van der Waals surface area (Å²) in [5.74, 6) is -0.809. The van der Waals surface area contributed by atoms with E-state index in [1.54, 1.807) is 32.9 Å². The van der Waals surface area contributed by atoms with Crippen LogP contribution in [0.4, 0.5) is 11.6 Å². The van der Waals surface area contributed by atoms with Crippen molar-refractivity contribution >= 4 is 50.4 Å². The summed E-state index contributed by atoms with van der Waals surface area (Å²) in [6.45, 7) is 5.08. The number of hydrogen-bond donors (Lipinski definition) is 2. The predicted octanol–water partition coefficient (Wildman–Crippen LogP) is 4.24. The molecule has 0 atom stereocenters. The third kappa shape index (κ3) is 4.12. The van der Waals surface area contributed by atoms with Crippen LogP contribution in [0.2, 0.25) is 5.02 Å². The fraction of sp³-hybridized carbons (Fsp3) is 0.167. The standard InChI is InChI=1S/C18H15ClN4O4S2/c1-9-6-12(8-20)7-10(2)15(9)21-17(24)16-13(4-5-28-16)29(25,26)23-18-14(19)11(3)22-27-18/h4-7,23H,1-3H3,(H,21,24). The van der Waals surface area contributed by atoms with Crippen molar-refractivity contribution in [1.82, 2.24) is 5.16 Å². The van der Waals surface area contributed by atoms with Gasteiger partial charge >= 0.3 is 0 Å². The summed E-state index contributed by atoms with van der Waals surface area (Å²) >= 11 is 6.94. The van der Waals surface area contributed by atoms with E-state index in [0.717, 1.165) is 11.3 Å². The zero-order valence-electron chi connectivity index (χ0n) is 15.5. The van der Waals surface area contributed by atoms with Gasteiger partial charge in [-0.2, -0.15) is 5.26 Å². The second kappa shape index (κ2) is 7.87. The minimum Gasteiger partial charge on any atom is -0.336 e. The summed E-state index contributed by atoms with van der Waals surface area (Å²) in [4.78, 5) is 12.6. The lowest BCUT2D eigenvalue weighted by atomic mass is 10.0. The average Bonchev–Trinajstić information content (AvgIpc) is 3.27. The van der Waals surface area contributed by atoms with Gasteiger partial charge in [0.1, 0.15) is 20.5 Å². The Morgan fingerprint density at radius 3 is 2.48 bits per heavy atom. The molecule has 29 heavy (non-hydrogen) atoms. The van der Waals surface area contributed by atoms with Crippen LogP contribution in [0.5, 0.6) is 0 Å². The second-order valence-corrected chi connectivity index (χ2v) is 9.13. The fourth-order valence-corrected chi connectivity index (χ4v) is 5.16. The van der Waals surface area contributed by atoms with Crippen molar-refractivity contribution in [2.24, 2.45) is 0 Å². The lowest BCUT2D eigenvalue weighted by Crippen LogP contribution is -2.19. The first-order chi connectivity index (χ1) is 13.6. The van der Waals surface area contributed by atoms with Crippen LogP contribution in [0.1, 0.15) is 32.1 Å². The molecule has 3 aromatic rings. The molecular formula is C18H15ClN4O4S2. The number of hydrogen-bond acceptors (Lipinski definition) is 7. The molecule has 0 spiro atoms. The van der Waals surface area contributed by atoms with Gasteiger partial charge in [-0.15, -0.1) is 11.3 Å². The van der Waals surface area contributed by atoms with E-state index in [0.29, 0.717) is 28.1 Å².